The van der Waals surface area contributed by atoms with Crippen LogP contribution in [0.25, 0.3) is 0 Å². The van der Waals surface area contributed by atoms with E-state index in [1.165, 1.54) is 5.69 Å². The van der Waals surface area contributed by atoms with Crippen molar-refractivity contribution in [3.8, 4) is 0 Å². The van der Waals surface area contributed by atoms with Gasteiger partial charge in [0, 0.05) is 37.6 Å². The van der Waals surface area contributed by atoms with Crippen LogP contribution in [0.1, 0.15) is 25.5 Å². The standard InChI is InChI=1S/C13H21N3O2/c1-2-18-13(17)16-8-5-11(6-9-16)15-10-12-4-3-7-14-12/h3-4,7,11,14-15H,2,5-6,8-10H2,1H3. The fraction of sp³-hybridized carbons (Fsp3) is 0.615. The smallest absolute Gasteiger partial charge is 0.409 e. The fourth-order valence-electron chi connectivity index (χ4n) is 2.21. The largest absolute Gasteiger partial charge is 0.450 e. The molecule has 1 aliphatic heterocycles. The van der Waals surface area contributed by atoms with Gasteiger partial charge in [-0.2, -0.15) is 0 Å². The average Bonchev–Trinajstić information content (AvgIpc) is 2.90. The van der Waals surface area contributed by atoms with Gasteiger partial charge in [-0.05, 0) is 31.9 Å². The minimum Gasteiger partial charge on any atom is -0.450 e. The van der Waals surface area contributed by atoms with Crippen LogP contribution in [-0.2, 0) is 11.3 Å². The van der Waals surface area contributed by atoms with E-state index < -0.39 is 0 Å². The summed E-state index contributed by atoms with van der Waals surface area (Å²) >= 11 is 0. The predicted molar refractivity (Wildman–Crippen MR) is 69.2 cm³/mol. The number of piperidine rings is 1. The molecule has 1 fully saturated rings. The number of carbonyl (C=O) groups is 1. The molecule has 2 N–H and O–H groups in total. The third-order valence-corrected chi connectivity index (χ3v) is 3.26. The number of H-pyrrole nitrogens is 1. The number of amides is 1. The van der Waals surface area contributed by atoms with E-state index in [0.29, 0.717) is 12.6 Å². The van der Waals surface area contributed by atoms with Gasteiger partial charge in [-0.25, -0.2) is 4.79 Å². The van der Waals surface area contributed by atoms with Gasteiger partial charge in [0.2, 0.25) is 0 Å². The van der Waals surface area contributed by atoms with E-state index in [4.69, 9.17) is 4.74 Å². The summed E-state index contributed by atoms with van der Waals surface area (Å²) in [7, 11) is 0. The average molecular weight is 251 g/mol. The van der Waals surface area contributed by atoms with Crippen LogP contribution in [0.15, 0.2) is 18.3 Å². The molecular formula is C13H21N3O2. The summed E-state index contributed by atoms with van der Waals surface area (Å²) in [6.07, 6.45) is 3.72. The molecule has 1 aromatic rings. The van der Waals surface area contributed by atoms with Gasteiger partial charge in [-0.15, -0.1) is 0 Å². The molecule has 2 heterocycles. The van der Waals surface area contributed by atoms with Crippen LogP contribution in [0, 0.1) is 0 Å². The van der Waals surface area contributed by atoms with E-state index >= 15 is 0 Å². The SMILES string of the molecule is CCOC(=O)N1CCC(NCc2ccc[nH]2)CC1. The molecule has 0 bridgehead atoms. The molecule has 0 unspecified atom stereocenters. The molecule has 1 amide bonds. The number of aromatic nitrogens is 1. The van der Waals surface area contributed by atoms with Crippen molar-refractivity contribution in [3.63, 3.8) is 0 Å². The maximum Gasteiger partial charge on any atom is 0.409 e. The van der Waals surface area contributed by atoms with E-state index in [-0.39, 0.29) is 6.09 Å². The fourth-order valence-corrected chi connectivity index (χ4v) is 2.21. The number of aromatic amines is 1. The van der Waals surface area contributed by atoms with Crippen molar-refractivity contribution < 1.29 is 9.53 Å². The van der Waals surface area contributed by atoms with Gasteiger partial charge in [0.1, 0.15) is 0 Å². The van der Waals surface area contributed by atoms with Crippen molar-refractivity contribution in [3.05, 3.63) is 24.0 Å². The van der Waals surface area contributed by atoms with E-state index in [2.05, 4.69) is 16.4 Å². The van der Waals surface area contributed by atoms with E-state index in [1.54, 1.807) is 4.90 Å². The number of carbonyl (C=O) groups excluding carboxylic acids is 1. The van der Waals surface area contributed by atoms with Gasteiger partial charge in [0.05, 0.1) is 6.61 Å². The topological polar surface area (TPSA) is 57.4 Å². The summed E-state index contributed by atoms with van der Waals surface area (Å²) in [6.45, 7) is 4.70. The van der Waals surface area contributed by atoms with Gasteiger partial charge in [0.25, 0.3) is 0 Å². The molecule has 5 heteroatoms. The molecule has 5 nitrogen and oxygen atoms in total. The molecule has 0 atom stereocenters. The van der Waals surface area contributed by atoms with E-state index in [0.717, 1.165) is 32.5 Å². The lowest BCUT2D eigenvalue weighted by Crippen LogP contribution is -2.44. The number of nitrogens with one attached hydrogen (secondary N) is 2. The van der Waals surface area contributed by atoms with Crippen LogP contribution in [0.2, 0.25) is 0 Å². The zero-order chi connectivity index (χ0) is 12.8. The van der Waals surface area contributed by atoms with Crippen molar-refractivity contribution in [2.75, 3.05) is 19.7 Å². The number of rotatable bonds is 4. The highest BCUT2D eigenvalue weighted by Gasteiger charge is 2.22. The Bertz CT molecular complexity index is 356. The lowest BCUT2D eigenvalue weighted by molar-refractivity contribution is 0.0950. The highest BCUT2D eigenvalue weighted by molar-refractivity contribution is 5.67. The maximum atomic E-state index is 11.5. The molecule has 0 radical (unpaired) electrons. The number of nitrogens with zero attached hydrogens (tertiary/aromatic N) is 1. The van der Waals surface area contributed by atoms with Crippen molar-refractivity contribution in [2.24, 2.45) is 0 Å². The Balaban J connectivity index is 1.68. The van der Waals surface area contributed by atoms with Gasteiger partial charge >= 0.3 is 6.09 Å². The monoisotopic (exact) mass is 251 g/mol. The van der Waals surface area contributed by atoms with E-state index in [9.17, 15) is 4.79 Å². The first-order chi connectivity index (χ1) is 8.79. The Kier molecular flexibility index (Phi) is 4.64. The minimum absolute atomic E-state index is 0.180. The Morgan fingerprint density at radius 1 is 1.56 bits per heavy atom. The third-order valence-electron chi connectivity index (χ3n) is 3.26. The van der Waals surface area contributed by atoms with Gasteiger partial charge in [0.15, 0.2) is 0 Å². The lowest BCUT2D eigenvalue weighted by atomic mass is 10.1. The molecule has 18 heavy (non-hydrogen) atoms. The van der Waals surface area contributed by atoms with Gasteiger partial charge in [-0.1, -0.05) is 0 Å². The highest BCUT2D eigenvalue weighted by Crippen LogP contribution is 2.12. The van der Waals surface area contributed by atoms with E-state index in [1.807, 2.05) is 19.2 Å². The summed E-state index contributed by atoms with van der Waals surface area (Å²) in [5.74, 6) is 0. The molecule has 1 aromatic heterocycles. The third kappa shape index (κ3) is 3.50. The highest BCUT2D eigenvalue weighted by atomic mass is 16.6. The lowest BCUT2D eigenvalue weighted by Gasteiger charge is -2.31. The number of ether oxygens (including phenoxy) is 1. The molecule has 0 spiro atoms. The summed E-state index contributed by atoms with van der Waals surface area (Å²) < 4.78 is 5.00. The van der Waals surface area contributed by atoms with Crippen LogP contribution in [0.4, 0.5) is 4.79 Å². The number of likely N-dealkylation sites (tertiary alicyclic amines) is 1. The summed E-state index contributed by atoms with van der Waals surface area (Å²) in [5, 5.41) is 3.51. The van der Waals surface area contributed by atoms with Crippen LogP contribution in [0.3, 0.4) is 0 Å². The molecule has 0 aromatic carbocycles. The number of hydrogen-bond acceptors (Lipinski definition) is 3. The van der Waals surface area contributed by atoms with Gasteiger partial charge in [-0.3, -0.25) is 0 Å². The van der Waals surface area contributed by atoms with Crippen molar-refractivity contribution in [2.45, 2.75) is 32.4 Å². The molecular weight excluding hydrogens is 230 g/mol. The van der Waals surface area contributed by atoms with Crippen LogP contribution in [0.5, 0.6) is 0 Å². The van der Waals surface area contributed by atoms with Crippen LogP contribution in [-0.4, -0.2) is 41.7 Å². The summed E-state index contributed by atoms with van der Waals surface area (Å²) in [4.78, 5) is 16.5. The Morgan fingerprint density at radius 2 is 2.33 bits per heavy atom. The van der Waals surface area contributed by atoms with Gasteiger partial charge < -0.3 is 19.9 Å². The van der Waals surface area contributed by atoms with Crippen molar-refractivity contribution in [1.29, 1.82) is 0 Å². The quantitative estimate of drug-likeness (QED) is 0.856. The number of hydrogen-bond donors (Lipinski definition) is 2. The first-order valence-electron chi connectivity index (χ1n) is 6.57. The summed E-state index contributed by atoms with van der Waals surface area (Å²) in [6, 6.07) is 4.56. The molecule has 0 saturated carbocycles. The van der Waals surface area contributed by atoms with Crippen LogP contribution < -0.4 is 5.32 Å². The van der Waals surface area contributed by atoms with Crippen molar-refractivity contribution in [1.82, 2.24) is 15.2 Å². The molecule has 2 rings (SSSR count). The zero-order valence-electron chi connectivity index (χ0n) is 10.8. The minimum atomic E-state index is -0.180. The Morgan fingerprint density at radius 3 is 2.94 bits per heavy atom. The molecule has 1 saturated heterocycles. The molecule has 0 aliphatic carbocycles. The summed E-state index contributed by atoms with van der Waals surface area (Å²) in [5.41, 5.74) is 1.20. The molecule has 1 aliphatic rings. The van der Waals surface area contributed by atoms with Crippen molar-refractivity contribution >= 4 is 6.09 Å². The van der Waals surface area contributed by atoms with Crippen LogP contribution >= 0.6 is 0 Å². The maximum absolute atomic E-state index is 11.5. The predicted octanol–water partition coefficient (Wildman–Crippen LogP) is 1.73. The first kappa shape index (κ1) is 13.0. The first-order valence-corrected chi connectivity index (χ1v) is 6.57. The molecule has 100 valence electrons. The second kappa shape index (κ2) is 6.44. The second-order valence-electron chi connectivity index (χ2n) is 4.54. The normalized spacial score (nSPS) is 16.8. The second-order valence-corrected chi connectivity index (χ2v) is 4.54. The zero-order valence-corrected chi connectivity index (χ0v) is 10.8. The Labute approximate surface area is 108 Å². The Hall–Kier alpha value is -1.49.